The molecule has 2 saturated heterocycles. The van der Waals surface area contributed by atoms with Gasteiger partial charge in [-0.3, -0.25) is 9.59 Å². The number of aromatic nitrogens is 1. The van der Waals surface area contributed by atoms with Gasteiger partial charge in [-0.2, -0.15) is 11.8 Å². The van der Waals surface area contributed by atoms with Crippen LogP contribution < -0.4 is 5.56 Å². The van der Waals surface area contributed by atoms with Crippen LogP contribution in [0.5, 0.6) is 0 Å². The van der Waals surface area contributed by atoms with Crippen molar-refractivity contribution in [3.63, 3.8) is 0 Å². The largest absolute Gasteiger partial charge is 0.376 e. The second-order valence-electron chi connectivity index (χ2n) is 6.73. The summed E-state index contributed by atoms with van der Waals surface area (Å²) in [5.74, 6) is 2.02. The summed E-state index contributed by atoms with van der Waals surface area (Å²) in [5, 5.41) is 0. The number of pyridine rings is 1. The van der Waals surface area contributed by atoms with Crippen molar-refractivity contribution in [1.29, 1.82) is 0 Å². The third-order valence-corrected chi connectivity index (χ3v) is 6.12. The molecule has 1 atom stereocenters. The van der Waals surface area contributed by atoms with Crippen LogP contribution in [0.4, 0.5) is 0 Å². The maximum absolute atomic E-state index is 12.9. The Morgan fingerprint density at radius 3 is 2.79 bits per heavy atom. The average Bonchev–Trinajstić information content (AvgIpc) is 3.10. The van der Waals surface area contributed by atoms with Crippen LogP contribution in [0.2, 0.25) is 0 Å². The first kappa shape index (κ1) is 17.5. The Kier molecular flexibility index (Phi) is 5.66. The first-order valence-electron chi connectivity index (χ1n) is 8.74. The zero-order valence-corrected chi connectivity index (χ0v) is 15.3. The molecule has 0 radical (unpaired) electrons. The number of ether oxygens (including phenoxy) is 1. The molecule has 1 aromatic rings. The Bertz CT molecular complexity index is 646. The van der Waals surface area contributed by atoms with E-state index in [9.17, 15) is 9.59 Å². The highest BCUT2D eigenvalue weighted by Crippen LogP contribution is 2.22. The lowest BCUT2D eigenvalue weighted by Crippen LogP contribution is -2.43. The molecular weight excluding hydrogens is 324 g/mol. The van der Waals surface area contributed by atoms with Gasteiger partial charge < -0.3 is 14.2 Å². The normalized spacial score (nSPS) is 21.8. The lowest BCUT2D eigenvalue weighted by Gasteiger charge is -2.31. The highest BCUT2D eigenvalue weighted by molar-refractivity contribution is 7.99. The molecule has 0 bridgehead atoms. The van der Waals surface area contributed by atoms with Crippen LogP contribution in [-0.4, -0.2) is 52.7 Å². The van der Waals surface area contributed by atoms with E-state index in [0.29, 0.717) is 12.1 Å². The summed E-state index contributed by atoms with van der Waals surface area (Å²) < 4.78 is 7.27. The van der Waals surface area contributed by atoms with E-state index in [1.165, 1.54) is 0 Å². The summed E-state index contributed by atoms with van der Waals surface area (Å²) in [6.45, 7) is 3.14. The van der Waals surface area contributed by atoms with Crippen LogP contribution >= 0.6 is 11.8 Å². The lowest BCUT2D eigenvalue weighted by molar-refractivity contribution is 0.0717. The van der Waals surface area contributed by atoms with Crippen molar-refractivity contribution in [2.75, 3.05) is 25.2 Å². The molecule has 0 saturated carbocycles. The van der Waals surface area contributed by atoms with E-state index in [2.05, 4.69) is 0 Å². The van der Waals surface area contributed by atoms with Crippen molar-refractivity contribution in [1.82, 2.24) is 9.47 Å². The van der Waals surface area contributed by atoms with Gasteiger partial charge in [0.05, 0.1) is 12.6 Å². The average molecular weight is 350 g/mol. The highest BCUT2D eigenvalue weighted by Gasteiger charge is 2.27. The lowest BCUT2D eigenvalue weighted by atomic mass is 10.1. The van der Waals surface area contributed by atoms with Crippen molar-refractivity contribution < 1.29 is 9.53 Å². The molecule has 3 rings (SSSR count). The minimum Gasteiger partial charge on any atom is -0.376 e. The van der Waals surface area contributed by atoms with Crippen molar-refractivity contribution >= 4 is 17.7 Å². The van der Waals surface area contributed by atoms with Crippen molar-refractivity contribution in [3.8, 4) is 0 Å². The number of nitrogens with zero attached hydrogens (tertiary/aromatic N) is 2. The fourth-order valence-corrected chi connectivity index (χ4v) is 4.57. The number of hydrogen-bond acceptors (Lipinski definition) is 4. The van der Waals surface area contributed by atoms with E-state index in [1.807, 2.05) is 31.8 Å². The highest BCUT2D eigenvalue weighted by atomic mass is 32.2. The SMILES string of the molecule is Cc1ccn(CC2CCCO2)c(=O)c1C(=O)N(C)C1CCSCC1. The smallest absolute Gasteiger partial charge is 0.263 e. The fourth-order valence-electron chi connectivity index (χ4n) is 3.49. The first-order chi connectivity index (χ1) is 11.6. The monoisotopic (exact) mass is 350 g/mol. The molecule has 3 heterocycles. The van der Waals surface area contributed by atoms with Gasteiger partial charge in [-0.15, -0.1) is 0 Å². The number of hydrogen-bond donors (Lipinski definition) is 0. The Morgan fingerprint density at radius 1 is 1.38 bits per heavy atom. The predicted octanol–water partition coefficient (Wildman–Crippen LogP) is 2.30. The maximum Gasteiger partial charge on any atom is 0.263 e. The Morgan fingerprint density at radius 2 is 2.12 bits per heavy atom. The second kappa shape index (κ2) is 7.74. The van der Waals surface area contributed by atoms with Crippen molar-refractivity contribution in [2.24, 2.45) is 0 Å². The molecule has 2 fully saturated rings. The molecule has 24 heavy (non-hydrogen) atoms. The molecule has 2 aliphatic rings. The van der Waals surface area contributed by atoms with E-state index in [0.717, 1.165) is 49.4 Å². The van der Waals surface area contributed by atoms with Gasteiger partial charge in [0.1, 0.15) is 5.56 Å². The van der Waals surface area contributed by atoms with Crippen LogP contribution in [0.3, 0.4) is 0 Å². The third-order valence-electron chi connectivity index (χ3n) is 5.07. The number of carbonyl (C=O) groups is 1. The van der Waals surface area contributed by atoms with Crippen LogP contribution in [0.15, 0.2) is 17.1 Å². The van der Waals surface area contributed by atoms with Gasteiger partial charge in [0, 0.05) is 25.9 Å². The summed E-state index contributed by atoms with van der Waals surface area (Å²) >= 11 is 1.93. The summed E-state index contributed by atoms with van der Waals surface area (Å²) in [5.41, 5.74) is 0.884. The van der Waals surface area contributed by atoms with Gasteiger partial charge in [-0.1, -0.05) is 0 Å². The minimum atomic E-state index is -0.187. The quantitative estimate of drug-likeness (QED) is 0.836. The minimum absolute atomic E-state index is 0.0847. The molecular formula is C18H26N2O3S. The summed E-state index contributed by atoms with van der Waals surface area (Å²) in [6.07, 6.45) is 5.89. The van der Waals surface area contributed by atoms with E-state index < -0.39 is 0 Å². The standard InChI is InChI=1S/C18H26N2O3S/c1-13-5-8-20(12-15-4-3-9-23-15)18(22)16(13)17(21)19(2)14-6-10-24-11-7-14/h5,8,14-15H,3-4,6-7,9-12H2,1-2H3. The molecule has 2 aliphatic heterocycles. The number of thioether (sulfide) groups is 1. The van der Waals surface area contributed by atoms with Crippen molar-refractivity contribution in [2.45, 2.75) is 51.3 Å². The number of amides is 1. The van der Waals surface area contributed by atoms with E-state index in [-0.39, 0.29) is 23.6 Å². The molecule has 0 aliphatic carbocycles. The molecule has 5 nitrogen and oxygen atoms in total. The Balaban J connectivity index is 1.82. The van der Waals surface area contributed by atoms with E-state index in [4.69, 9.17) is 4.74 Å². The Labute approximate surface area is 147 Å². The third kappa shape index (κ3) is 3.70. The van der Waals surface area contributed by atoms with Crippen molar-refractivity contribution in [3.05, 3.63) is 33.7 Å². The summed E-state index contributed by atoms with van der Waals surface area (Å²) in [7, 11) is 1.83. The number of aryl methyl sites for hydroxylation is 1. The van der Waals surface area contributed by atoms with E-state index >= 15 is 0 Å². The molecule has 132 valence electrons. The molecule has 0 N–H and O–H groups in total. The summed E-state index contributed by atoms with van der Waals surface area (Å²) in [4.78, 5) is 27.6. The first-order valence-corrected chi connectivity index (χ1v) is 9.90. The number of rotatable bonds is 4. The van der Waals surface area contributed by atoms with Crippen LogP contribution in [0.25, 0.3) is 0 Å². The molecule has 1 unspecified atom stereocenters. The molecule has 0 aromatic carbocycles. The van der Waals surface area contributed by atoms with Gasteiger partial charge in [0.15, 0.2) is 0 Å². The fraction of sp³-hybridized carbons (Fsp3) is 0.667. The topological polar surface area (TPSA) is 51.5 Å². The predicted molar refractivity (Wildman–Crippen MR) is 96.9 cm³/mol. The van der Waals surface area contributed by atoms with Gasteiger partial charge >= 0.3 is 0 Å². The van der Waals surface area contributed by atoms with E-state index in [1.54, 1.807) is 15.7 Å². The molecule has 6 heteroatoms. The number of carbonyl (C=O) groups excluding carboxylic acids is 1. The van der Waals surface area contributed by atoms with Crippen LogP contribution in [0, 0.1) is 6.92 Å². The van der Waals surface area contributed by atoms with Gasteiger partial charge in [0.2, 0.25) is 0 Å². The van der Waals surface area contributed by atoms with Gasteiger partial charge in [-0.25, -0.2) is 0 Å². The van der Waals surface area contributed by atoms with Gasteiger partial charge in [0.25, 0.3) is 11.5 Å². The zero-order chi connectivity index (χ0) is 17.1. The zero-order valence-electron chi connectivity index (χ0n) is 14.5. The second-order valence-corrected chi connectivity index (χ2v) is 7.95. The maximum atomic E-state index is 12.9. The Hall–Kier alpha value is -1.27. The van der Waals surface area contributed by atoms with Gasteiger partial charge in [-0.05, 0) is 55.7 Å². The van der Waals surface area contributed by atoms with Crippen LogP contribution in [-0.2, 0) is 11.3 Å². The van der Waals surface area contributed by atoms with Crippen LogP contribution in [0.1, 0.15) is 41.6 Å². The molecule has 1 aromatic heterocycles. The summed E-state index contributed by atoms with van der Waals surface area (Å²) in [6, 6.07) is 2.11. The molecule has 1 amide bonds. The molecule has 0 spiro atoms.